The molecule has 1 aliphatic carbocycles. The molecule has 20 heavy (non-hydrogen) atoms. The summed E-state index contributed by atoms with van der Waals surface area (Å²) >= 11 is 9.29. The number of carbonyl (C=O) groups is 2. The lowest BCUT2D eigenvalue weighted by atomic mass is 10.1. The number of benzene rings is 1. The molecule has 1 saturated carbocycles. The molecular weight excluding hydrogens is 348 g/mol. The number of halogens is 2. The Hall–Kier alpha value is -1.27. The maximum atomic E-state index is 11.8. The summed E-state index contributed by atoms with van der Waals surface area (Å²) in [6.45, 7) is 0. The van der Waals surface area contributed by atoms with Gasteiger partial charge in [0.1, 0.15) is 0 Å². The number of aliphatic carboxylic acids is 1. The molecule has 2 rings (SSSR count). The molecule has 3 N–H and O–H groups in total. The Labute approximate surface area is 129 Å². The van der Waals surface area contributed by atoms with E-state index in [2.05, 4.69) is 26.6 Å². The molecule has 0 saturated heterocycles. The number of amides is 2. The van der Waals surface area contributed by atoms with E-state index < -0.39 is 5.97 Å². The second-order valence-corrected chi connectivity index (χ2v) is 6.09. The molecular formula is C13H14BrClN2O3. The quantitative estimate of drug-likeness (QED) is 0.771. The number of hydrogen-bond acceptors (Lipinski definition) is 2. The molecule has 2 atom stereocenters. The van der Waals surface area contributed by atoms with Crippen LogP contribution in [0.25, 0.3) is 0 Å². The maximum Gasteiger partial charge on any atom is 0.319 e. The third-order valence-electron chi connectivity index (χ3n) is 3.30. The number of carboxylic acids is 1. The van der Waals surface area contributed by atoms with Crippen molar-refractivity contribution in [1.29, 1.82) is 0 Å². The molecule has 1 aliphatic rings. The first-order chi connectivity index (χ1) is 9.45. The molecule has 5 nitrogen and oxygen atoms in total. The number of rotatable bonds is 3. The van der Waals surface area contributed by atoms with Gasteiger partial charge in [-0.3, -0.25) is 4.79 Å². The first-order valence-electron chi connectivity index (χ1n) is 6.21. The molecule has 0 radical (unpaired) electrons. The zero-order valence-electron chi connectivity index (χ0n) is 10.5. The Kier molecular flexibility index (Phi) is 4.88. The Morgan fingerprint density at radius 3 is 2.70 bits per heavy atom. The van der Waals surface area contributed by atoms with Crippen LogP contribution in [0.2, 0.25) is 5.02 Å². The topological polar surface area (TPSA) is 78.4 Å². The monoisotopic (exact) mass is 360 g/mol. The standard InChI is InChI=1S/C13H14BrClN2O3/c14-8-2-4-11(10(15)6-8)17-13(20)16-9-3-1-7(5-9)12(18)19/h2,4,6-7,9H,1,3,5H2,(H,18,19)(H2,16,17,20). The molecule has 2 unspecified atom stereocenters. The maximum absolute atomic E-state index is 11.8. The molecule has 108 valence electrons. The van der Waals surface area contributed by atoms with Crippen LogP contribution in [0.15, 0.2) is 22.7 Å². The van der Waals surface area contributed by atoms with E-state index in [4.69, 9.17) is 16.7 Å². The van der Waals surface area contributed by atoms with Gasteiger partial charge in [-0.25, -0.2) is 4.79 Å². The molecule has 0 aliphatic heterocycles. The molecule has 0 heterocycles. The first-order valence-corrected chi connectivity index (χ1v) is 7.38. The summed E-state index contributed by atoms with van der Waals surface area (Å²) in [6, 6.07) is 4.68. The van der Waals surface area contributed by atoms with E-state index in [-0.39, 0.29) is 18.0 Å². The molecule has 2 amide bonds. The van der Waals surface area contributed by atoms with Gasteiger partial charge < -0.3 is 15.7 Å². The summed E-state index contributed by atoms with van der Waals surface area (Å²) in [6.07, 6.45) is 1.74. The number of urea groups is 1. The second-order valence-electron chi connectivity index (χ2n) is 4.77. The molecule has 0 spiro atoms. The molecule has 0 aromatic heterocycles. The normalized spacial score (nSPS) is 21.5. The van der Waals surface area contributed by atoms with E-state index in [1.54, 1.807) is 18.2 Å². The predicted molar refractivity (Wildman–Crippen MR) is 80.1 cm³/mol. The van der Waals surface area contributed by atoms with Gasteiger partial charge in [0.2, 0.25) is 0 Å². The highest BCUT2D eigenvalue weighted by Crippen LogP contribution is 2.27. The van der Waals surface area contributed by atoms with Gasteiger partial charge in [-0.1, -0.05) is 27.5 Å². The molecule has 7 heteroatoms. The Morgan fingerprint density at radius 1 is 1.35 bits per heavy atom. The number of carboxylic acid groups (broad SMARTS) is 1. The van der Waals surface area contributed by atoms with Crippen molar-refractivity contribution in [2.75, 3.05) is 5.32 Å². The number of carbonyl (C=O) groups excluding carboxylic acids is 1. The van der Waals surface area contributed by atoms with Crippen LogP contribution in [0.1, 0.15) is 19.3 Å². The molecule has 0 bridgehead atoms. The third-order valence-corrected chi connectivity index (χ3v) is 4.10. The smallest absolute Gasteiger partial charge is 0.319 e. The Balaban J connectivity index is 1.88. The van der Waals surface area contributed by atoms with Gasteiger partial charge in [-0.05, 0) is 37.5 Å². The Bertz CT molecular complexity index is 538. The summed E-state index contributed by atoms with van der Waals surface area (Å²) < 4.78 is 0.827. The van der Waals surface area contributed by atoms with Crippen LogP contribution in [0, 0.1) is 5.92 Å². The molecule has 1 aromatic carbocycles. The van der Waals surface area contributed by atoms with Gasteiger partial charge in [0, 0.05) is 10.5 Å². The highest BCUT2D eigenvalue weighted by molar-refractivity contribution is 9.10. The van der Waals surface area contributed by atoms with Crippen molar-refractivity contribution in [2.24, 2.45) is 5.92 Å². The minimum absolute atomic E-state index is 0.106. The fourth-order valence-corrected chi connectivity index (χ4v) is 2.99. The van der Waals surface area contributed by atoms with E-state index in [9.17, 15) is 9.59 Å². The number of nitrogens with one attached hydrogen (secondary N) is 2. The van der Waals surface area contributed by atoms with E-state index in [1.807, 2.05) is 0 Å². The zero-order valence-corrected chi connectivity index (χ0v) is 12.9. The van der Waals surface area contributed by atoms with E-state index in [0.717, 1.165) is 4.47 Å². The summed E-state index contributed by atoms with van der Waals surface area (Å²) in [5, 5.41) is 14.8. The van der Waals surface area contributed by atoms with Gasteiger partial charge in [0.25, 0.3) is 0 Å². The fourth-order valence-electron chi connectivity index (χ4n) is 2.27. The lowest BCUT2D eigenvalue weighted by Gasteiger charge is -2.14. The minimum Gasteiger partial charge on any atom is -0.481 e. The van der Waals surface area contributed by atoms with Crippen molar-refractivity contribution in [3.8, 4) is 0 Å². The average molecular weight is 362 g/mol. The van der Waals surface area contributed by atoms with Crippen molar-refractivity contribution < 1.29 is 14.7 Å². The van der Waals surface area contributed by atoms with Crippen molar-refractivity contribution in [2.45, 2.75) is 25.3 Å². The van der Waals surface area contributed by atoms with Crippen LogP contribution >= 0.6 is 27.5 Å². The van der Waals surface area contributed by atoms with Crippen LogP contribution in [0.3, 0.4) is 0 Å². The van der Waals surface area contributed by atoms with Crippen molar-refractivity contribution in [3.05, 3.63) is 27.7 Å². The largest absolute Gasteiger partial charge is 0.481 e. The van der Waals surface area contributed by atoms with Gasteiger partial charge in [-0.2, -0.15) is 0 Å². The highest BCUT2D eigenvalue weighted by atomic mass is 79.9. The van der Waals surface area contributed by atoms with Gasteiger partial charge >= 0.3 is 12.0 Å². The highest BCUT2D eigenvalue weighted by Gasteiger charge is 2.30. The van der Waals surface area contributed by atoms with Crippen LogP contribution in [-0.2, 0) is 4.79 Å². The van der Waals surface area contributed by atoms with E-state index in [1.165, 1.54) is 0 Å². The predicted octanol–water partition coefficient (Wildman–Crippen LogP) is 3.48. The lowest BCUT2D eigenvalue weighted by Crippen LogP contribution is -2.36. The van der Waals surface area contributed by atoms with E-state index >= 15 is 0 Å². The molecule has 1 fully saturated rings. The van der Waals surface area contributed by atoms with Gasteiger partial charge in [0.05, 0.1) is 16.6 Å². The van der Waals surface area contributed by atoms with Gasteiger partial charge in [0.15, 0.2) is 0 Å². The number of anilines is 1. The average Bonchev–Trinajstić information content (AvgIpc) is 2.81. The zero-order chi connectivity index (χ0) is 14.7. The number of hydrogen-bond donors (Lipinski definition) is 3. The lowest BCUT2D eigenvalue weighted by molar-refractivity contribution is -0.141. The van der Waals surface area contributed by atoms with Crippen molar-refractivity contribution in [1.82, 2.24) is 5.32 Å². The van der Waals surface area contributed by atoms with Crippen LogP contribution in [0.4, 0.5) is 10.5 Å². The summed E-state index contributed by atoms with van der Waals surface area (Å²) in [4.78, 5) is 22.7. The second kappa shape index (κ2) is 6.45. The van der Waals surface area contributed by atoms with Gasteiger partial charge in [-0.15, -0.1) is 0 Å². The van der Waals surface area contributed by atoms with E-state index in [0.29, 0.717) is 30.0 Å². The fraction of sp³-hybridized carbons (Fsp3) is 0.385. The third kappa shape index (κ3) is 3.86. The van der Waals surface area contributed by atoms with Crippen molar-refractivity contribution >= 4 is 45.2 Å². The summed E-state index contributed by atoms with van der Waals surface area (Å²) in [7, 11) is 0. The Morgan fingerprint density at radius 2 is 2.10 bits per heavy atom. The van der Waals surface area contributed by atoms with Crippen LogP contribution < -0.4 is 10.6 Å². The summed E-state index contributed by atoms with van der Waals surface area (Å²) in [5.74, 6) is -1.16. The first kappa shape index (κ1) is 15.1. The van der Waals surface area contributed by atoms with Crippen LogP contribution in [0.5, 0.6) is 0 Å². The summed E-state index contributed by atoms with van der Waals surface area (Å²) in [5.41, 5.74) is 0.514. The molecule has 1 aromatic rings. The van der Waals surface area contributed by atoms with Crippen molar-refractivity contribution in [3.63, 3.8) is 0 Å². The minimum atomic E-state index is -0.800. The van der Waals surface area contributed by atoms with Crippen LogP contribution in [-0.4, -0.2) is 23.1 Å². The SMILES string of the molecule is O=C(Nc1ccc(Br)cc1Cl)NC1CCC(C(=O)O)C1.